The van der Waals surface area contributed by atoms with Crippen LogP contribution in [0, 0.1) is 11.8 Å². The van der Waals surface area contributed by atoms with Gasteiger partial charge in [-0.25, -0.2) is 0 Å². The molecule has 1 saturated heterocycles. The van der Waals surface area contributed by atoms with Gasteiger partial charge in [0.1, 0.15) is 0 Å². The maximum Gasteiger partial charge on any atom is 0.310 e. The first-order valence-electron chi connectivity index (χ1n) is 11.7. The number of carbonyl (C=O) groups is 1. The van der Waals surface area contributed by atoms with Crippen molar-refractivity contribution in [3.63, 3.8) is 0 Å². The average Bonchev–Trinajstić information content (AvgIpc) is 3.49. The van der Waals surface area contributed by atoms with Crippen LogP contribution < -0.4 is 30.0 Å². The van der Waals surface area contributed by atoms with E-state index >= 15 is 0 Å². The third-order valence-electron chi connectivity index (χ3n) is 7.26. The highest BCUT2D eigenvalue weighted by atomic mass is 35.5. The van der Waals surface area contributed by atoms with Gasteiger partial charge in [-0.1, -0.05) is 6.07 Å². The van der Waals surface area contributed by atoms with Gasteiger partial charge in [0.25, 0.3) is 0 Å². The van der Waals surface area contributed by atoms with Crippen LogP contribution in [-0.2, 0) is 9.53 Å². The molecule has 0 spiro atoms. The van der Waals surface area contributed by atoms with E-state index in [-0.39, 0.29) is 61.0 Å². The number of aromatic hydroxyl groups is 1. The molecule has 10 heteroatoms. The number of nitrogens with one attached hydrogen (secondary N) is 1. The van der Waals surface area contributed by atoms with Gasteiger partial charge < -0.3 is 39.8 Å². The lowest BCUT2D eigenvalue weighted by Gasteiger charge is -2.40. The Morgan fingerprint density at radius 1 is 0.973 bits per heavy atom. The van der Waals surface area contributed by atoms with Gasteiger partial charge in [0.2, 0.25) is 12.5 Å². The van der Waals surface area contributed by atoms with E-state index in [4.69, 9.17) is 29.4 Å². The molecule has 37 heavy (non-hydrogen) atoms. The number of rotatable bonds is 5. The Labute approximate surface area is 219 Å². The maximum absolute atomic E-state index is 13.2. The van der Waals surface area contributed by atoms with Crippen molar-refractivity contribution in [1.29, 1.82) is 0 Å². The predicted octanol–water partition coefficient (Wildman–Crippen LogP) is 4.23. The molecule has 0 saturated carbocycles. The number of carbonyl (C=O) groups excluding carboxylic acids is 1. The molecule has 6 rings (SSSR count). The van der Waals surface area contributed by atoms with Crippen LogP contribution in [0.5, 0.6) is 28.7 Å². The van der Waals surface area contributed by atoms with Crippen molar-refractivity contribution >= 4 is 29.8 Å². The van der Waals surface area contributed by atoms with Gasteiger partial charge in [-0.05, 0) is 59.2 Å². The highest BCUT2D eigenvalue weighted by molar-refractivity contribution is 5.85. The van der Waals surface area contributed by atoms with Gasteiger partial charge in [-0.2, -0.15) is 0 Å². The Morgan fingerprint density at radius 3 is 2.30 bits per heavy atom. The summed E-state index contributed by atoms with van der Waals surface area (Å²) in [7, 11) is 2.95. The van der Waals surface area contributed by atoms with Crippen LogP contribution in [0.1, 0.15) is 28.7 Å². The van der Waals surface area contributed by atoms with E-state index in [0.29, 0.717) is 17.2 Å². The van der Waals surface area contributed by atoms with Crippen LogP contribution in [-0.4, -0.2) is 38.7 Å². The normalized spacial score (nSPS) is 22.8. The number of anilines is 2. The molecule has 2 heterocycles. The fourth-order valence-electron chi connectivity index (χ4n) is 5.65. The van der Waals surface area contributed by atoms with Crippen LogP contribution >= 0.6 is 12.4 Å². The molecule has 3 aliphatic rings. The number of nitrogens with two attached hydrogens (primary N) is 1. The van der Waals surface area contributed by atoms with Crippen molar-refractivity contribution in [3.05, 3.63) is 65.2 Å². The molecule has 1 fully saturated rings. The quantitative estimate of drug-likeness (QED) is 0.331. The number of phenols is 1. The summed E-state index contributed by atoms with van der Waals surface area (Å²) in [5.74, 6) is 0.343. The topological polar surface area (TPSA) is 122 Å². The molecular formula is C27H27ClN2O7. The van der Waals surface area contributed by atoms with Gasteiger partial charge in [0.05, 0.1) is 32.8 Å². The molecule has 194 valence electrons. The summed E-state index contributed by atoms with van der Waals surface area (Å²) >= 11 is 0. The number of ether oxygens (including phenoxy) is 5. The Hall–Kier alpha value is -3.98. The largest absolute Gasteiger partial charge is 0.502 e. The molecule has 3 aromatic rings. The van der Waals surface area contributed by atoms with Crippen LogP contribution in [0.2, 0.25) is 0 Å². The van der Waals surface area contributed by atoms with Crippen LogP contribution in [0.25, 0.3) is 0 Å². The van der Waals surface area contributed by atoms with E-state index in [0.717, 1.165) is 22.4 Å². The van der Waals surface area contributed by atoms with Gasteiger partial charge in [0, 0.05) is 23.2 Å². The average molecular weight is 527 g/mol. The fourth-order valence-corrected chi connectivity index (χ4v) is 5.65. The molecular weight excluding hydrogens is 500 g/mol. The third kappa shape index (κ3) is 3.99. The molecule has 3 aromatic carbocycles. The number of halogens is 1. The number of methoxy groups -OCH3 is 2. The monoisotopic (exact) mass is 526 g/mol. The van der Waals surface area contributed by atoms with Crippen molar-refractivity contribution in [2.75, 3.05) is 38.7 Å². The Kier molecular flexibility index (Phi) is 6.33. The molecule has 0 bridgehead atoms. The zero-order valence-corrected chi connectivity index (χ0v) is 21.0. The van der Waals surface area contributed by atoms with Crippen LogP contribution in [0.3, 0.4) is 0 Å². The third-order valence-corrected chi connectivity index (χ3v) is 7.26. The minimum Gasteiger partial charge on any atom is -0.502 e. The summed E-state index contributed by atoms with van der Waals surface area (Å²) in [6.45, 7) is 0.395. The van der Waals surface area contributed by atoms with Crippen molar-refractivity contribution in [2.45, 2.75) is 12.0 Å². The number of fused-ring (bicyclic) bond motifs is 3. The number of hydrogen-bond acceptors (Lipinski definition) is 9. The molecule has 0 radical (unpaired) electrons. The van der Waals surface area contributed by atoms with Crippen molar-refractivity contribution in [1.82, 2.24) is 0 Å². The second-order valence-electron chi connectivity index (χ2n) is 9.15. The summed E-state index contributed by atoms with van der Waals surface area (Å²) in [4.78, 5) is 13.2. The van der Waals surface area contributed by atoms with Gasteiger partial charge in [-0.15, -0.1) is 12.4 Å². The predicted molar refractivity (Wildman–Crippen MR) is 138 cm³/mol. The van der Waals surface area contributed by atoms with Crippen molar-refractivity contribution in [2.24, 2.45) is 11.8 Å². The van der Waals surface area contributed by atoms with Crippen molar-refractivity contribution < 1.29 is 33.6 Å². The van der Waals surface area contributed by atoms with E-state index in [9.17, 15) is 9.90 Å². The van der Waals surface area contributed by atoms with E-state index in [1.165, 1.54) is 14.2 Å². The van der Waals surface area contributed by atoms with E-state index in [1.807, 2.05) is 36.4 Å². The molecule has 1 aliphatic carbocycles. The number of cyclic esters (lactones) is 1. The maximum atomic E-state index is 13.2. The SMILES string of the molecule is COc1cc([C@@H]2c3cc4c(cc3[C@@H](Nc3cccc(N)c3)[C@H]3COC(=O)[C@H]23)OCO4)cc(OC)c1O.Cl. The first-order chi connectivity index (χ1) is 17.5. The molecule has 9 nitrogen and oxygen atoms in total. The molecule has 4 N–H and O–H groups in total. The minimum absolute atomic E-state index is 0. The number of benzene rings is 3. The van der Waals surface area contributed by atoms with Gasteiger partial charge >= 0.3 is 5.97 Å². The fraction of sp³-hybridized carbons (Fsp3) is 0.296. The molecule has 4 atom stereocenters. The molecule has 0 aromatic heterocycles. The highest BCUT2D eigenvalue weighted by Gasteiger charge is 2.52. The molecule has 2 aliphatic heterocycles. The number of hydrogen-bond donors (Lipinski definition) is 3. The summed E-state index contributed by atoms with van der Waals surface area (Å²) in [5.41, 5.74) is 10.1. The zero-order chi connectivity index (χ0) is 25.0. The molecule has 0 amide bonds. The van der Waals surface area contributed by atoms with E-state index in [1.54, 1.807) is 12.1 Å². The number of nitrogen functional groups attached to an aromatic ring is 1. The standard InChI is InChI=1S/C27H26N2O7.ClH/c1-32-21-6-13(7-22(33-2)26(21)30)23-16-9-19-20(36-12-35-19)10-17(16)25(18-11-34-27(31)24(18)23)29-15-5-3-4-14(28)8-15;/h3-10,18,23-25,29-30H,11-12,28H2,1-2H3;1H/t18-,23+,24-,25+;/m0./s1. The van der Waals surface area contributed by atoms with Crippen LogP contribution in [0.4, 0.5) is 11.4 Å². The van der Waals surface area contributed by atoms with Crippen LogP contribution in [0.15, 0.2) is 48.5 Å². The second kappa shape index (κ2) is 9.48. The lowest BCUT2D eigenvalue weighted by Crippen LogP contribution is -2.37. The lowest BCUT2D eigenvalue weighted by molar-refractivity contribution is -0.141. The summed E-state index contributed by atoms with van der Waals surface area (Å²) in [5, 5.41) is 14.1. The van der Waals surface area contributed by atoms with Gasteiger partial charge in [-0.3, -0.25) is 4.79 Å². The summed E-state index contributed by atoms with van der Waals surface area (Å²) in [6.07, 6.45) is 0. The Balaban J connectivity index is 0.00000280. The number of esters is 1. The van der Waals surface area contributed by atoms with Gasteiger partial charge in [0.15, 0.2) is 23.0 Å². The summed E-state index contributed by atoms with van der Waals surface area (Å²) in [6, 6.07) is 14.7. The first-order valence-corrected chi connectivity index (χ1v) is 11.7. The zero-order valence-electron chi connectivity index (χ0n) is 20.2. The van der Waals surface area contributed by atoms with Crippen molar-refractivity contribution in [3.8, 4) is 28.7 Å². The second-order valence-corrected chi connectivity index (χ2v) is 9.15. The number of phenolic OH excluding ortho intramolecular Hbond substituents is 1. The lowest BCUT2D eigenvalue weighted by atomic mass is 9.65. The van der Waals surface area contributed by atoms with E-state index < -0.39 is 11.8 Å². The van der Waals surface area contributed by atoms with E-state index in [2.05, 4.69) is 5.32 Å². The smallest absolute Gasteiger partial charge is 0.310 e. The minimum atomic E-state index is -0.490. The molecule has 0 unspecified atom stereocenters. The first kappa shape index (κ1) is 24.7. The Morgan fingerprint density at radius 2 is 1.65 bits per heavy atom. The Bertz CT molecular complexity index is 1340. The summed E-state index contributed by atoms with van der Waals surface area (Å²) < 4.78 is 27.9. The highest BCUT2D eigenvalue weighted by Crippen LogP contribution is 2.56.